The molecule has 0 saturated heterocycles. The Bertz CT molecular complexity index is 1180. The predicted octanol–water partition coefficient (Wildman–Crippen LogP) is 4.17. The summed E-state index contributed by atoms with van der Waals surface area (Å²) in [6.45, 7) is 12.5. The van der Waals surface area contributed by atoms with Crippen molar-refractivity contribution in [2.24, 2.45) is 5.10 Å². The average Bonchev–Trinajstić information content (AvgIpc) is 2.85. The second kappa shape index (κ2) is 15.8. The number of hydrogen-bond donors (Lipinski definition) is 3. The molecular formula is C28H37BrN4O6. The van der Waals surface area contributed by atoms with Gasteiger partial charge in [-0.1, -0.05) is 17.7 Å². The molecule has 3 N–H and O–H groups in total. The van der Waals surface area contributed by atoms with Gasteiger partial charge in [0.15, 0.2) is 18.1 Å². The molecule has 11 heteroatoms. The molecule has 0 aliphatic rings. The van der Waals surface area contributed by atoms with Gasteiger partial charge in [-0.2, -0.15) is 5.10 Å². The summed E-state index contributed by atoms with van der Waals surface area (Å²) in [7, 11) is 0. The van der Waals surface area contributed by atoms with E-state index in [1.54, 1.807) is 12.1 Å². The van der Waals surface area contributed by atoms with Crippen LogP contribution in [0.4, 0.5) is 5.69 Å². The van der Waals surface area contributed by atoms with Crippen molar-refractivity contribution in [1.29, 1.82) is 0 Å². The Kier molecular flexibility index (Phi) is 12.9. The molecule has 212 valence electrons. The van der Waals surface area contributed by atoms with Crippen LogP contribution in [-0.4, -0.2) is 56.4 Å². The smallest absolute Gasteiger partial charge is 0.329 e. The maximum atomic E-state index is 12.6. The zero-order chi connectivity index (χ0) is 28.9. The number of anilines is 1. The van der Waals surface area contributed by atoms with Crippen LogP contribution in [0.2, 0.25) is 0 Å². The Morgan fingerprint density at radius 1 is 1.03 bits per heavy atom. The molecule has 10 nitrogen and oxygen atoms in total. The first-order valence-corrected chi connectivity index (χ1v) is 13.5. The van der Waals surface area contributed by atoms with Gasteiger partial charge >= 0.3 is 11.8 Å². The molecule has 0 atom stereocenters. The van der Waals surface area contributed by atoms with Crippen LogP contribution in [0.3, 0.4) is 0 Å². The molecule has 0 bridgehead atoms. The summed E-state index contributed by atoms with van der Waals surface area (Å²) >= 11 is 3.45. The summed E-state index contributed by atoms with van der Waals surface area (Å²) in [5.41, 5.74) is 6.60. The second-order valence-electron chi connectivity index (χ2n) is 9.10. The van der Waals surface area contributed by atoms with E-state index in [1.165, 1.54) is 6.21 Å². The lowest BCUT2D eigenvalue weighted by Crippen LogP contribution is -2.38. The van der Waals surface area contributed by atoms with Crippen LogP contribution in [0.15, 0.2) is 33.8 Å². The average molecular weight is 606 g/mol. The summed E-state index contributed by atoms with van der Waals surface area (Å²) in [6.07, 6.45) is 2.07. The number of ether oxygens (including phenoxy) is 3. The first-order chi connectivity index (χ1) is 18.5. The first-order valence-electron chi connectivity index (χ1n) is 12.7. The monoisotopic (exact) mass is 604 g/mol. The molecule has 0 spiro atoms. The number of nitrogens with zero attached hydrogens (tertiary/aromatic N) is 1. The number of hydrazone groups is 1. The number of aryl methyl sites for hydroxylation is 3. The molecule has 0 unspecified atom stereocenters. The van der Waals surface area contributed by atoms with E-state index in [9.17, 15) is 14.4 Å². The molecule has 0 aliphatic carbocycles. The molecule has 0 heterocycles. The SMILES string of the molecule is CCOc1cc(/C=N\NC(=O)C(=O)NCCCOC(C)C)cc(Br)c1OCC(=O)Nc1c(C)cc(C)cc1C. The zero-order valence-electron chi connectivity index (χ0n) is 23.3. The van der Waals surface area contributed by atoms with Gasteiger partial charge in [-0.15, -0.1) is 0 Å². The molecular weight excluding hydrogens is 568 g/mol. The van der Waals surface area contributed by atoms with E-state index >= 15 is 0 Å². The van der Waals surface area contributed by atoms with Crippen LogP contribution >= 0.6 is 15.9 Å². The minimum Gasteiger partial charge on any atom is -0.490 e. The van der Waals surface area contributed by atoms with Crippen molar-refractivity contribution in [1.82, 2.24) is 10.7 Å². The van der Waals surface area contributed by atoms with Gasteiger partial charge in [0.1, 0.15) is 0 Å². The maximum absolute atomic E-state index is 12.6. The maximum Gasteiger partial charge on any atom is 0.329 e. The van der Waals surface area contributed by atoms with Crippen molar-refractivity contribution in [3.8, 4) is 11.5 Å². The number of benzene rings is 2. The Morgan fingerprint density at radius 3 is 2.36 bits per heavy atom. The quantitative estimate of drug-likeness (QED) is 0.136. The Morgan fingerprint density at radius 2 is 1.72 bits per heavy atom. The van der Waals surface area contributed by atoms with E-state index in [0.29, 0.717) is 47.7 Å². The highest BCUT2D eigenvalue weighted by Gasteiger charge is 2.16. The van der Waals surface area contributed by atoms with E-state index in [1.807, 2.05) is 53.7 Å². The molecule has 0 aromatic heterocycles. The fraction of sp³-hybridized carbons (Fsp3) is 0.429. The molecule has 0 aliphatic heterocycles. The van der Waals surface area contributed by atoms with Crippen molar-refractivity contribution in [3.05, 3.63) is 51.0 Å². The molecule has 3 amide bonds. The standard InChI is InChI=1S/C28H37BrN4O6/c1-7-37-23-14-21(15-31-33-28(36)27(35)30-9-8-10-38-17(2)3)13-22(29)26(23)39-16-24(34)32-25-19(5)11-18(4)12-20(25)6/h11-15,17H,7-10,16H2,1-6H3,(H,30,35)(H,32,34)(H,33,36)/b31-15-. The second-order valence-corrected chi connectivity index (χ2v) is 9.96. The van der Waals surface area contributed by atoms with Crippen LogP contribution in [0, 0.1) is 20.8 Å². The van der Waals surface area contributed by atoms with Crippen LogP contribution in [0.5, 0.6) is 11.5 Å². The van der Waals surface area contributed by atoms with Crippen LogP contribution < -0.4 is 25.5 Å². The minimum atomic E-state index is -0.884. The van der Waals surface area contributed by atoms with Crippen LogP contribution in [0.25, 0.3) is 0 Å². The Labute approximate surface area is 238 Å². The first kappa shape index (κ1) is 31.8. The summed E-state index contributed by atoms with van der Waals surface area (Å²) in [6, 6.07) is 7.36. The van der Waals surface area contributed by atoms with E-state index in [4.69, 9.17) is 14.2 Å². The Balaban J connectivity index is 1.97. The van der Waals surface area contributed by atoms with Gasteiger partial charge < -0.3 is 24.8 Å². The number of halogens is 1. The highest BCUT2D eigenvalue weighted by Crippen LogP contribution is 2.36. The van der Waals surface area contributed by atoms with Gasteiger partial charge in [0.25, 0.3) is 5.91 Å². The number of rotatable bonds is 13. The highest BCUT2D eigenvalue weighted by molar-refractivity contribution is 9.10. The van der Waals surface area contributed by atoms with E-state index in [2.05, 4.69) is 37.1 Å². The summed E-state index contributed by atoms with van der Waals surface area (Å²) in [4.78, 5) is 36.5. The number of amides is 3. The molecule has 0 fully saturated rings. The molecule has 2 aromatic carbocycles. The van der Waals surface area contributed by atoms with E-state index < -0.39 is 11.8 Å². The largest absolute Gasteiger partial charge is 0.490 e. The normalized spacial score (nSPS) is 11.0. The van der Waals surface area contributed by atoms with Gasteiger partial charge in [0, 0.05) is 18.8 Å². The van der Waals surface area contributed by atoms with Crippen molar-refractivity contribution < 1.29 is 28.6 Å². The topological polar surface area (TPSA) is 127 Å². The third-order valence-electron chi connectivity index (χ3n) is 5.26. The van der Waals surface area contributed by atoms with Crippen molar-refractivity contribution in [2.45, 2.75) is 54.1 Å². The fourth-order valence-electron chi connectivity index (χ4n) is 3.65. The lowest BCUT2D eigenvalue weighted by molar-refractivity contribution is -0.139. The molecule has 2 rings (SSSR count). The van der Waals surface area contributed by atoms with Gasteiger partial charge in [0.05, 0.1) is 23.4 Å². The molecule has 0 radical (unpaired) electrons. The minimum absolute atomic E-state index is 0.111. The zero-order valence-corrected chi connectivity index (χ0v) is 24.9. The number of carbonyl (C=O) groups excluding carboxylic acids is 3. The van der Waals surface area contributed by atoms with E-state index in [0.717, 1.165) is 22.4 Å². The van der Waals surface area contributed by atoms with Crippen LogP contribution in [0.1, 0.15) is 49.4 Å². The molecule has 2 aromatic rings. The summed E-state index contributed by atoms with van der Waals surface area (Å²) < 4.78 is 17.4. The lowest BCUT2D eigenvalue weighted by atomic mass is 10.1. The number of hydrogen-bond acceptors (Lipinski definition) is 7. The summed E-state index contributed by atoms with van der Waals surface area (Å²) in [5.74, 6) is -1.24. The predicted molar refractivity (Wildman–Crippen MR) is 155 cm³/mol. The third kappa shape index (κ3) is 10.7. The van der Waals surface area contributed by atoms with Crippen LogP contribution in [-0.2, 0) is 19.1 Å². The van der Waals surface area contributed by atoms with Crippen molar-refractivity contribution in [2.75, 3.05) is 31.7 Å². The number of carbonyl (C=O) groups is 3. The molecule has 39 heavy (non-hydrogen) atoms. The summed E-state index contributed by atoms with van der Waals surface area (Å²) in [5, 5.41) is 9.28. The number of nitrogens with one attached hydrogen (secondary N) is 3. The van der Waals surface area contributed by atoms with Gasteiger partial charge in [-0.05, 0) is 92.7 Å². The van der Waals surface area contributed by atoms with Gasteiger partial charge in [0.2, 0.25) is 0 Å². The van der Waals surface area contributed by atoms with E-state index in [-0.39, 0.29) is 18.6 Å². The highest BCUT2D eigenvalue weighted by atomic mass is 79.9. The van der Waals surface area contributed by atoms with Gasteiger partial charge in [-0.3, -0.25) is 14.4 Å². The Hall–Kier alpha value is -3.44. The fourth-order valence-corrected chi connectivity index (χ4v) is 4.22. The van der Waals surface area contributed by atoms with Crippen molar-refractivity contribution >= 4 is 45.6 Å². The lowest BCUT2D eigenvalue weighted by Gasteiger charge is -2.16. The van der Waals surface area contributed by atoms with Crippen molar-refractivity contribution in [3.63, 3.8) is 0 Å². The van der Waals surface area contributed by atoms with Gasteiger partial charge in [-0.25, -0.2) is 5.43 Å². The molecule has 0 saturated carbocycles. The third-order valence-corrected chi connectivity index (χ3v) is 5.85.